The lowest BCUT2D eigenvalue weighted by Crippen LogP contribution is -2.41. The molecule has 0 aliphatic carbocycles. The van der Waals surface area contributed by atoms with Crippen LogP contribution in [-0.2, 0) is 4.79 Å². The largest absolute Gasteiger partial charge is 0.480 e. The predicted octanol–water partition coefficient (Wildman–Crippen LogP) is 1.78. The molecule has 0 fully saturated rings. The summed E-state index contributed by atoms with van der Waals surface area (Å²) in [6, 6.07) is -0.318. The van der Waals surface area contributed by atoms with Gasteiger partial charge in [0.25, 0.3) is 0 Å². The number of aryl methyl sites for hydroxylation is 1. The predicted molar refractivity (Wildman–Crippen MR) is 69.7 cm³/mol. The number of rotatable bonds is 7. The SMILES string of the molecule is Cc1nnc(SCCC(NC(C)C)C(=O)O)s1. The maximum absolute atomic E-state index is 11.0. The number of carboxylic acid groups (broad SMARTS) is 1. The van der Waals surface area contributed by atoms with Crippen molar-refractivity contribution in [1.29, 1.82) is 0 Å². The van der Waals surface area contributed by atoms with Crippen molar-refractivity contribution in [2.75, 3.05) is 5.75 Å². The van der Waals surface area contributed by atoms with E-state index >= 15 is 0 Å². The molecule has 0 aliphatic heterocycles. The third-order valence-corrected chi connectivity index (χ3v) is 3.98. The van der Waals surface area contributed by atoms with Crippen LogP contribution in [0.3, 0.4) is 0 Å². The van der Waals surface area contributed by atoms with Crippen LogP contribution in [0.1, 0.15) is 25.3 Å². The van der Waals surface area contributed by atoms with E-state index in [2.05, 4.69) is 15.5 Å². The number of aromatic nitrogens is 2. The first-order valence-corrected chi connectivity index (χ1v) is 7.21. The summed E-state index contributed by atoms with van der Waals surface area (Å²) < 4.78 is 0.899. The number of nitrogens with one attached hydrogen (secondary N) is 1. The monoisotopic (exact) mass is 275 g/mol. The fourth-order valence-corrected chi connectivity index (χ4v) is 3.17. The number of nitrogens with zero attached hydrogens (tertiary/aromatic N) is 2. The Labute approximate surface area is 109 Å². The Bertz CT molecular complexity index is 368. The molecule has 1 atom stereocenters. The molecule has 7 heteroatoms. The minimum absolute atomic E-state index is 0.171. The fourth-order valence-electron chi connectivity index (χ4n) is 1.28. The zero-order chi connectivity index (χ0) is 12.8. The van der Waals surface area contributed by atoms with Gasteiger partial charge < -0.3 is 10.4 Å². The van der Waals surface area contributed by atoms with E-state index in [1.165, 1.54) is 11.3 Å². The van der Waals surface area contributed by atoms with E-state index in [1.54, 1.807) is 11.8 Å². The van der Waals surface area contributed by atoms with Gasteiger partial charge in [0.15, 0.2) is 4.34 Å². The van der Waals surface area contributed by atoms with Gasteiger partial charge in [0, 0.05) is 11.8 Å². The van der Waals surface area contributed by atoms with E-state index < -0.39 is 12.0 Å². The molecule has 1 aromatic heterocycles. The average molecular weight is 275 g/mol. The fraction of sp³-hybridized carbons (Fsp3) is 0.700. The van der Waals surface area contributed by atoms with Crippen LogP contribution >= 0.6 is 23.1 Å². The zero-order valence-corrected chi connectivity index (χ0v) is 11.8. The van der Waals surface area contributed by atoms with Gasteiger partial charge >= 0.3 is 5.97 Å². The maximum Gasteiger partial charge on any atom is 0.320 e. The van der Waals surface area contributed by atoms with Gasteiger partial charge in [-0.3, -0.25) is 4.79 Å². The molecular formula is C10H17N3O2S2. The van der Waals surface area contributed by atoms with Crippen molar-refractivity contribution in [2.45, 2.75) is 43.6 Å². The summed E-state index contributed by atoms with van der Waals surface area (Å²) in [6.07, 6.45) is 0.580. The van der Waals surface area contributed by atoms with Gasteiger partial charge in [-0.1, -0.05) is 36.9 Å². The van der Waals surface area contributed by atoms with E-state index in [4.69, 9.17) is 5.11 Å². The van der Waals surface area contributed by atoms with Crippen LogP contribution < -0.4 is 5.32 Å². The zero-order valence-electron chi connectivity index (χ0n) is 10.1. The molecule has 0 spiro atoms. The summed E-state index contributed by atoms with van der Waals surface area (Å²) in [5.74, 6) is -0.0709. The smallest absolute Gasteiger partial charge is 0.320 e. The minimum atomic E-state index is -0.798. The van der Waals surface area contributed by atoms with Crippen molar-refractivity contribution < 1.29 is 9.90 Å². The Morgan fingerprint density at radius 1 is 1.53 bits per heavy atom. The molecular weight excluding hydrogens is 258 g/mol. The highest BCUT2D eigenvalue weighted by Crippen LogP contribution is 2.22. The minimum Gasteiger partial charge on any atom is -0.480 e. The number of hydrogen-bond acceptors (Lipinski definition) is 6. The van der Waals surface area contributed by atoms with Crippen LogP contribution in [0.15, 0.2) is 4.34 Å². The molecule has 0 amide bonds. The lowest BCUT2D eigenvalue weighted by molar-refractivity contribution is -0.139. The number of hydrogen-bond donors (Lipinski definition) is 2. The number of carboxylic acids is 1. The molecule has 0 saturated carbocycles. The average Bonchev–Trinajstić information content (AvgIpc) is 2.62. The van der Waals surface area contributed by atoms with Crippen LogP contribution in [0.4, 0.5) is 0 Å². The standard InChI is InChI=1S/C10H17N3O2S2/c1-6(2)11-8(9(14)15)4-5-16-10-13-12-7(3)17-10/h6,8,11H,4-5H2,1-3H3,(H,14,15). The van der Waals surface area contributed by atoms with Gasteiger partial charge in [-0.2, -0.15) is 0 Å². The topological polar surface area (TPSA) is 75.1 Å². The third-order valence-electron chi connectivity index (χ3n) is 1.97. The summed E-state index contributed by atoms with van der Waals surface area (Å²) in [7, 11) is 0. The van der Waals surface area contributed by atoms with E-state index in [1.807, 2.05) is 20.8 Å². The summed E-state index contributed by atoms with van der Waals surface area (Å²) in [6.45, 7) is 5.79. The summed E-state index contributed by atoms with van der Waals surface area (Å²) in [5.41, 5.74) is 0. The van der Waals surface area contributed by atoms with Crippen molar-refractivity contribution in [2.24, 2.45) is 0 Å². The first-order chi connectivity index (χ1) is 7.99. The Morgan fingerprint density at radius 3 is 2.71 bits per heavy atom. The van der Waals surface area contributed by atoms with Gasteiger partial charge in [-0.05, 0) is 13.3 Å². The van der Waals surface area contributed by atoms with Crippen LogP contribution in [-0.4, -0.2) is 39.1 Å². The molecule has 17 heavy (non-hydrogen) atoms. The third kappa shape index (κ3) is 5.47. The van der Waals surface area contributed by atoms with Gasteiger partial charge in [-0.25, -0.2) is 0 Å². The molecule has 0 aromatic carbocycles. The van der Waals surface area contributed by atoms with Crippen molar-refractivity contribution in [3.8, 4) is 0 Å². The summed E-state index contributed by atoms with van der Waals surface area (Å²) >= 11 is 3.09. The van der Waals surface area contributed by atoms with Crippen molar-refractivity contribution in [3.63, 3.8) is 0 Å². The molecule has 1 rings (SSSR count). The van der Waals surface area contributed by atoms with E-state index in [0.717, 1.165) is 15.1 Å². The molecule has 0 bridgehead atoms. The van der Waals surface area contributed by atoms with Crippen LogP contribution in [0.5, 0.6) is 0 Å². The summed E-state index contributed by atoms with van der Waals surface area (Å²) in [5, 5.41) is 20.9. The first-order valence-electron chi connectivity index (χ1n) is 5.40. The van der Waals surface area contributed by atoms with Crippen LogP contribution in [0, 0.1) is 6.92 Å². The Morgan fingerprint density at radius 2 is 2.24 bits per heavy atom. The molecule has 5 nitrogen and oxygen atoms in total. The van der Waals surface area contributed by atoms with E-state index in [-0.39, 0.29) is 6.04 Å². The molecule has 1 heterocycles. The van der Waals surface area contributed by atoms with Crippen molar-refractivity contribution >= 4 is 29.1 Å². The number of carbonyl (C=O) groups is 1. The summed E-state index contributed by atoms with van der Waals surface area (Å²) in [4.78, 5) is 11.0. The molecule has 1 aromatic rings. The molecule has 96 valence electrons. The number of thioether (sulfide) groups is 1. The molecule has 0 aliphatic rings. The molecule has 2 N–H and O–H groups in total. The highest BCUT2D eigenvalue weighted by Gasteiger charge is 2.17. The van der Waals surface area contributed by atoms with Crippen molar-refractivity contribution in [3.05, 3.63) is 5.01 Å². The highest BCUT2D eigenvalue weighted by molar-refractivity contribution is 8.01. The highest BCUT2D eigenvalue weighted by atomic mass is 32.2. The van der Waals surface area contributed by atoms with Crippen LogP contribution in [0.25, 0.3) is 0 Å². The second-order valence-corrected chi connectivity index (χ2v) is 6.46. The lowest BCUT2D eigenvalue weighted by atomic mass is 10.2. The quantitative estimate of drug-likeness (QED) is 0.739. The Hall–Kier alpha value is -0.660. The van der Waals surface area contributed by atoms with Gasteiger partial charge in [0.05, 0.1) is 0 Å². The first kappa shape index (κ1) is 14.4. The molecule has 0 radical (unpaired) electrons. The Kier molecular flexibility index (Phi) is 5.87. The van der Waals surface area contributed by atoms with Crippen LogP contribution in [0.2, 0.25) is 0 Å². The normalized spacial score (nSPS) is 12.9. The van der Waals surface area contributed by atoms with Gasteiger partial charge in [0.1, 0.15) is 11.0 Å². The molecule has 1 unspecified atom stereocenters. The maximum atomic E-state index is 11.0. The van der Waals surface area contributed by atoms with E-state index in [0.29, 0.717) is 6.42 Å². The van der Waals surface area contributed by atoms with Gasteiger partial charge in [0.2, 0.25) is 0 Å². The Balaban J connectivity index is 2.34. The number of aliphatic carboxylic acids is 1. The second kappa shape index (κ2) is 6.93. The second-order valence-electron chi connectivity index (χ2n) is 3.94. The van der Waals surface area contributed by atoms with E-state index in [9.17, 15) is 4.79 Å². The van der Waals surface area contributed by atoms with Crippen molar-refractivity contribution in [1.82, 2.24) is 15.5 Å². The van der Waals surface area contributed by atoms with Gasteiger partial charge in [-0.15, -0.1) is 10.2 Å². The lowest BCUT2D eigenvalue weighted by Gasteiger charge is -2.16. The molecule has 0 saturated heterocycles.